The van der Waals surface area contributed by atoms with Crippen LogP contribution in [0, 0.1) is 0 Å². The fourth-order valence-corrected chi connectivity index (χ4v) is 5.22. The molecule has 0 radical (unpaired) electrons. The Morgan fingerprint density at radius 3 is 2.51 bits per heavy atom. The van der Waals surface area contributed by atoms with Gasteiger partial charge in [-0.05, 0) is 46.1 Å². The van der Waals surface area contributed by atoms with Gasteiger partial charge in [0, 0.05) is 46.2 Å². The number of nitrogens with zero attached hydrogens (tertiary/aromatic N) is 1. The number of ether oxygens (including phenoxy) is 5. The van der Waals surface area contributed by atoms with Gasteiger partial charge in [0.2, 0.25) is 0 Å². The molecule has 0 amide bonds. The fourth-order valence-electron chi connectivity index (χ4n) is 4.37. The van der Waals surface area contributed by atoms with Crippen molar-refractivity contribution in [3.05, 3.63) is 123 Å². The minimum absolute atomic E-state index is 0.0276. The normalized spacial score (nSPS) is 12.0. The number of carbonyl (C=O) groups excluding carboxylic acids is 2. The number of rotatable bonds is 17. The van der Waals surface area contributed by atoms with E-state index in [2.05, 4.69) is 26.2 Å². The summed E-state index contributed by atoms with van der Waals surface area (Å²) < 4.78 is 28.4. The summed E-state index contributed by atoms with van der Waals surface area (Å²) in [7, 11) is 1.39. The summed E-state index contributed by atoms with van der Waals surface area (Å²) in [5, 5.41) is 13.2. The molecule has 0 aliphatic rings. The Morgan fingerprint density at radius 1 is 1.02 bits per heavy atom. The molecule has 47 heavy (non-hydrogen) atoms. The molecule has 0 aliphatic carbocycles. The van der Waals surface area contributed by atoms with E-state index in [0.717, 1.165) is 26.7 Å². The number of halogens is 2. The molecule has 246 valence electrons. The van der Waals surface area contributed by atoms with E-state index in [9.17, 15) is 14.7 Å². The Bertz CT molecular complexity index is 1670. The van der Waals surface area contributed by atoms with Crippen molar-refractivity contribution in [3.63, 3.8) is 0 Å². The molecule has 0 saturated heterocycles. The number of nitrogens with one attached hydrogen (secondary N) is 1. The average Bonchev–Trinajstić information content (AvgIpc) is 3.10. The van der Waals surface area contributed by atoms with Gasteiger partial charge in [-0.3, -0.25) is 19.9 Å². The highest BCUT2D eigenvalue weighted by molar-refractivity contribution is 9.10. The maximum absolute atomic E-state index is 12.8. The summed E-state index contributed by atoms with van der Waals surface area (Å²) in [5.41, 5.74) is 4.48. The quantitative estimate of drug-likeness (QED) is 0.0721. The summed E-state index contributed by atoms with van der Waals surface area (Å²) in [4.78, 5) is 27.7. The van der Waals surface area contributed by atoms with E-state index in [1.807, 2.05) is 60.7 Å². The van der Waals surface area contributed by atoms with Crippen LogP contribution in [0.1, 0.15) is 23.6 Å². The number of aliphatic hydroxyl groups is 1. The minimum atomic E-state index is -1.11. The second-order valence-electron chi connectivity index (χ2n) is 10.1. The van der Waals surface area contributed by atoms with Crippen LogP contribution in [-0.4, -0.2) is 48.9 Å². The first-order valence-corrected chi connectivity index (χ1v) is 15.7. The van der Waals surface area contributed by atoms with E-state index in [0.29, 0.717) is 22.1 Å². The SMILES string of the molecule is CO/C(C)=C(/COC(=O)C(CO)NCc1cc(Cl)c(OCc2cccc(-c3ccccc3)c2Br)cc1OCc1cccnc1)OC=O. The van der Waals surface area contributed by atoms with Gasteiger partial charge < -0.3 is 28.8 Å². The van der Waals surface area contributed by atoms with E-state index in [1.165, 1.54) is 7.11 Å². The van der Waals surface area contributed by atoms with Gasteiger partial charge in [-0.25, -0.2) is 0 Å². The highest BCUT2D eigenvalue weighted by Gasteiger charge is 2.22. The molecular weight excluding hydrogens is 692 g/mol. The van der Waals surface area contributed by atoms with Gasteiger partial charge in [0.1, 0.15) is 36.5 Å². The Balaban J connectivity index is 1.51. The third kappa shape index (κ3) is 10.0. The molecule has 0 spiro atoms. The van der Waals surface area contributed by atoms with Crippen molar-refractivity contribution >= 4 is 40.0 Å². The predicted octanol–water partition coefficient (Wildman–Crippen LogP) is 6.37. The Labute approximate surface area is 286 Å². The van der Waals surface area contributed by atoms with Crippen molar-refractivity contribution < 1.29 is 38.4 Å². The predicted molar refractivity (Wildman–Crippen MR) is 179 cm³/mol. The van der Waals surface area contributed by atoms with Crippen molar-refractivity contribution in [2.45, 2.75) is 32.7 Å². The summed E-state index contributed by atoms with van der Waals surface area (Å²) in [6.45, 7) is 1.36. The number of hydrogen-bond acceptors (Lipinski definition) is 10. The molecule has 0 bridgehead atoms. The van der Waals surface area contributed by atoms with Gasteiger partial charge in [0.25, 0.3) is 6.47 Å². The van der Waals surface area contributed by atoms with Crippen molar-refractivity contribution in [3.8, 4) is 22.6 Å². The lowest BCUT2D eigenvalue weighted by Crippen LogP contribution is -2.41. The van der Waals surface area contributed by atoms with Crippen molar-refractivity contribution in [1.82, 2.24) is 10.3 Å². The van der Waals surface area contributed by atoms with Gasteiger partial charge in [-0.2, -0.15) is 0 Å². The lowest BCUT2D eigenvalue weighted by molar-refractivity contribution is -0.148. The summed E-state index contributed by atoms with van der Waals surface area (Å²) in [5.74, 6) is 0.371. The van der Waals surface area contributed by atoms with Crippen LogP contribution in [0.15, 0.2) is 101 Å². The molecule has 12 heteroatoms. The minimum Gasteiger partial charge on any atom is -0.498 e. The van der Waals surface area contributed by atoms with E-state index in [-0.39, 0.29) is 44.4 Å². The molecule has 0 aliphatic heterocycles. The molecular formula is C35H34BrClN2O8. The second-order valence-corrected chi connectivity index (χ2v) is 11.3. The van der Waals surface area contributed by atoms with E-state index in [4.69, 9.17) is 35.3 Å². The van der Waals surface area contributed by atoms with Gasteiger partial charge >= 0.3 is 5.97 Å². The summed E-state index contributed by atoms with van der Waals surface area (Å²) in [6.07, 6.45) is 3.37. The van der Waals surface area contributed by atoms with Crippen LogP contribution in [0.3, 0.4) is 0 Å². The number of allylic oxidation sites excluding steroid dienone is 1. The zero-order chi connectivity index (χ0) is 33.6. The lowest BCUT2D eigenvalue weighted by atomic mass is 10.0. The van der Waals surface area contributed by atoms with E-state index < -0.39 is 18.6 Å². The van der Waals surface area contributed by atoms with Crippen LogP contribution < -0.4 is 14.8 Å². The van der Waals surface area contributed by atoms with Crippen LogP contribution in [0.5, 0.6) is 11.5 Å². The molecule has 1 heterocycles. The van der Waals surface area contributed by atoms with Crippen LogP contribution in [0.4, 0.5) is 0 Å². The Hall–Kier alpha value is -4.42. The summed E-state index contributed by atoms with van der Waals surface area (Å²) >= 11 is 10.4. The number of aliphatic hydroxyl groups excluding tert-OH is 1. The first kappa shape index (κ1) is 35.4. The molecule has 2 N–H and O–H groups in total. The van der Waals surface area contributed by atoms with Crippen LogP contribution in [0.2, 0.25) is 5.02 Å². The number of pyridine rings is 1. The Morgan fingerprint density at radius 2 is 1.81 bits per heavy atom. The second kappa shape index (κ2) is 18.1. The summed E-state index contributed by atoms with van der Waals surface area (Å²) in [6, 6.07) is 22.0. The van der Waals surface area contributed by atoms with Crippen molar-refractivity contribution in [2.24, 2.45) is 0 Å². The smallest absolute Gasteiger partial charge is 0.325 e. The molecule has 4 rings (SSSR count). The number of aromatic nitrogens is 1. The fraction of sp³-hybridized carbons (Fsp3) is 0.229. The first-order chi connectivity index (χ1) is 22.8. The van der Waals surface area contributed by atoms with E-state index >= 15 is 0 Å². The molecule has 0 fully saturated rings. The average molecular weight is 726 g/mol. The zero-order valence-corrected chi connectivity index (χ0v) is 28.1. The topological polar surface area (TPSA) is 125 Å². The van der Waals surface area contributed by atoms with Crippen LogP contribution in [-0.2, 0) is 43.6 Å². The largest absolute Gasteiger partial charge is 0.498 e. The maximum Gasteiger partial charge on any atom is 0.325 e. The molecule has 1 atom stereocenters. The number of esters is 1. The van der Waals surface area contributed by atoms with Gasteiger partial charge in [-0.1, -0.05) is 66.2 Å². The van der Waals surface area contributed by atoms with Gasteiger partial charge in [0.05, 0.1) is 18.7 Å². The standard InChI is InChI=1S/C35H34BrClN2O8/c1-23(43-2)33(47-22-41)21-46-35(42)30(18-40)39-17-27-14-29(37)32(15-31(27)44-19-24-8-7-13-38-16-24)45-20-26-11-6-12-28(34(26)36)25-9-4-3-5-10-25/h3-16,22,30,39-40H,17-21H2,1-2H3/b33-23-. The van der Waals surface area contributed by atoms with Crippen LogP contribution >= 0.6 is 27.5 Å². The van der Waals surface area contributed by atoms with Gasteiger partial charge in [0.15, 0.2) is 12.4 Å². The highest BCUT2D eigenvalue weighted by Crippen LogP contribution is 2.36. The lowest BCUT2D eigenvalue weighted by Gasteiger charge is -2.19. The number of benzene rings is 3. The first-order valence-electron chi connectivity index (χ1n) is 14.5. The molecule has 1 aromatic heterocycles. The third-order valence-corrected chi connectivity index (χ3v) is 8.25. The number of methoxy groups -OCH3 is 1. The third-order valence-electron chi connectivity index (χ3n) is 7.02. The zero-order valence-electron chi connectivity index (χ0n) is 25.8. The number of hydrogen-bond donors (Lipinski definition) is 2. The van der Waals surface area contributed by atoms with Crippen molar-refractivity contribution in [2.75, 3.05) is 20.3 Å². The highest BCUT2D eigenvalue weighted by atomic mass is 79.9. The Kier molecular flexibility index (Phi) is 13.6. The molecule has 0 saturated carbocycles. The molecule has 4 aromatic rings. The molecule has 10 nitrogen and oxygen atoms in total. The molecule has 3 aromatic carbocycles. The van der Waals surface area contributed by atoms with E-state index in [1.54, 1.807) is 31.5 Å². The maximum atomic E-state index is 12.8. The number of carbonyl (C=O) groups is 2. The monoisotopic (exact) mass is 724 g/mol. The van der Waals surface area contributed by atoms with Gasteiger partial charge in [-0.15, -0.1) is 0 Å². The van der Waals surface area contributed by atoms with Crippen LogP contribution in [0.25, 0.3) is 11.1 Å². The molecule has 1 unspecified atom stereocenters. The van der Waals surface area contributed by atoms with Crippen molar-refractivity contribution in [1.29, 1.82) is 0 Å².